The normalized spacial score (nSPS) is 11.7. The molecule has 122 valence electrons. The van der Waals surface area contributed by atoms with Crippen LogP contribution in [0.5, 0.6) is 0 Å². The molecule has 1 atom stereocenters. The third kappa shape index (κ3) is 4.67. The zero-order valence-electron chi connectivity index (χ0n) is 13.5. The minimum atomic E-state index is -0.319. The number of nitrogens with one attached hydrogen (secondary N) is 2. The predicted molar refractivity (Wildman–Crippen MR) is 88.8 cm³/mol. The van der Waals surface area contributed by atoms with Gasteiger partial charge in [0.2, 0.25) is 0 Å². The number of rotatable bonds is 5. The van der Waals surface area contributed by atoms with Crippen molar-refractivity contribution in [3.05, 3.63) is 59.7 Å². The number of aromatic nitrogens is 1. The molecule has 1 aromatic carbocycles. The number of anilines is 1. The van der Waals surface area contributed by atoms with Crippen molar-refractivity contribution in [3.63, 3.8) is 0 Å². The second-order valence-corrected chi connectivity index (χ2v) is 5.48. The van der Waals surface area contributed by atoms with Crippen LogP contribution in [0, 0.1) is 5.82 Å². The molecule has 0 aliphatic rings. The highest BCUT2D eigenvalue weighted by Gasteiger charge is 2.10. The van der Waals surface area contributed by atoms with Crippen molar-refractivity contribution in [2.75, 3.05) is 19.0 Å². The van der Waals surface area contributed by atoms with Crippen LogP contribution in [0.4, 0.5) is 14.9 Å². The Labute approximate surface area is 135 Å². The molecule has 0 saturated carbocycles. The first kappa shape index (κ1) is 16.7. The maximum atomic E-state index is 13.9. The molecule has 5 nitrogen and oxygen atoms in total. The van der Waals surface area contributed by atoms with Crippen LogP contribution >= 0.6 is 0 Å². The molecule has 6 heteroatoms. The number of urea groups is 1. The molecule has 23 heavy (non-hydrogen) atoms. The Morgan fingerprint density at radius 3 is 2.70 bits per heavy atom. The van der Waals surface area contributed by atoms with Gasteiger partial charge in [-0.05, 0) is 36.8 Å². The van der Waals surface area contributed by atoms with E-state index in [0.717, 1.165) is 5.69 Å². The molecule has 0 unspecified atom stereocenters. The van der Waals surface area contributed by atoms with Gasteiger partial charge in [-0.1, -0.05) is 12.1 Å². The van der Waals surface area contributed by atoms with E-state index in [1.807, 2.05) is 25.1 Å². The monoisotopic (exact) mass is 316 g/mol. The maximum absolute atomic E-state index is 13.9. The summed E-state index contributed by atoms with van der Waals surface area (Å²) in [5.41, 5.74) is 2.00. The summed E-state index contributed by atoms with van der Waals surface area (Å²) in [5.74, 6) is -0.309. The number of pyridine rings is 1. The number of halogens is 1. The van der Waals surface area contributed by atoms with Crippen molar-refractivity contribution in [3.8, 4) is 0 Å². The Morgan fingerprint density at radius 1 is 1.30 bits per heavy atom. The minimum Gasteiger partial charge on any atom is -0.375 e. The second kappa shape index (κ2) is 7.58. The average Bonchev–Trinajstić information content (AvgIpc) is 2.53. The third-order valence-electron chi connectivity index (χ3n) is 3.43. The van der Waals surface area contributed by atoms with Crippen LogP contribution in [-0.4, -0.2) is 25.1 Å². The lowest BCUT2D eigenvalue weighted by atomic mass is 10.2. The number of carbonyl (C=O) groups is 1. The molecule has 2 N–H and O–H groups in total. The molecular formula is C17H21FN4O. The fourth-order valence-electron chi connectivity index (χ4n) is 2.16. The molecule has 0 fully saturated rings. The highest BCUT2D eigenvalue weighted by atomic mass is 19.1. The molecule has 0 bridgehead atoms. The summed E-state index contributed by atoms with van der Waals surface area (Å²) in [7, 11) is 3.56. The van der Waals surface area contributed by atoms with Crippen LogP contribution in [0.2, 0.25) is 0 Å². The summed E-state index contributed by atoms with van der Waals surface area (Å²) in [6.45, 7) is 2.11. The fraction of sp³-hybridized carbons (Fsp3) is 0.294. The van der Waals surface area contributed by atoms with Gasteiger partial charge in [-0.15, -0.1) is 0 Å². The SMILES string of the molecule is C[C@H](NC(=O)NCc1ccc(N(C)C)c(F)c1)c1ccccn1. The van der Waals surface area contributed by atoms with Crippen LogP contribution in [0.15, 0.2) is 42.6 Å². The van der Waals surface area contributed by atoms with E-state index in [0.29, 0.717) is 11.3 Å². The second-order valence-electron chi connectivity index (χ2n) is 5.48. The Kier molecular flexibility index (Phi) is 5.51. The summed E-state index contributed by atoms with van der Waals surface area (Å²) < 4.78 is 13.9. The number of hydrogen-bond donors (Lipinski definition) is 2. The van der Waals surface area contributed by atoms with Gasteiger partial charge in [-0.3, -0.25) is 4.98 Å². The zero-order valence-corrected chi connectivity index (χ0v) is 13.5. The first-order valence-corrected chi connectivity index (χ1v) is 7.38. The third-order valence-corrected chi connectivity index (χ3v) is 3.43. The van der Waals surface area contributed by atoms with E-state index in [9.17, 15) is 9.18 Å². The lowest BCUT2D eigenvalue weighted by Crippen LogP contribution is -2.36. The first-order valence-electron chi connectivity index (χ1n) is 7.38. The summed E-state index contributed by atoms with van der Waals surface area (Å²) in [5, 5.41) is 5.51. The van der Waals surface area contributed by atoms with E-state index in [2.05, 4.69) is 15.6 Å². The van der Waals surface area contributed by atoms with Gasteiger partial charge in [0.25, 0.3) is 0 Å². The van der Waals surface area contributed by atoms with Crippen molar-refractivity contribution in [1.82, 2.24) is 15.6 Å². The van der Waals surface area contributed by atoms with Gasteiger partial charge in [0.1, 0.15) is 5.82 Å². The van der Waals surface area contributed by atoms with Crippen LogP contribution in [0.3, 0.4) is 0 Å². The first-order chi connectivity index (χ1) is 11.0. The number of nitrogens with zero attached hydrogens (tertiary/aromatic N) is 2. The summed E-state index contributed by atoms with van der Waals surface area (Å²) in [6, 6.07) is 9.93. The molecule has 2 amide bonds. The van der Waals surface area contributed by atoms with E-state index >= 15 is 0 Å². The molecule has 2 rings (SSSR count). The standard InChI is InChI=1S/C17H21FN4O/c1-12(15-6-4-5-9-19-15)21-17(23)20-11-13-7-8-16(22(2)3)14(18)10-13/h4-10,12H,11H2,1-3H3,(H2,20,21,23)/t12-/m0/s1. The number of hydrogen-bond acceptors (Lipinski definition) is 3. The van der Waals surface area contributed by atoms with E-state index in [4.69, 9.17) is 0 Å². The van der Waals surface area contributed by atoms with Gasteiger partial charge in [-0.2, -0.15) is 0 Å². The smallest absolute Gasteiger partial charge is 0.315 e. The highest BCUT2D eigenvalue weighted by Crippen LogP contribution is 2.18. The fourth-order valence-corrected chi connectivity index (χ4v) is 2.16. The van der Waals surface area contributed by atoms with Gasteiger partial charge >= 0.3 is 6.03 Å². The molecule has 1 heterocycles. The highest BCUT2D eigenvalue weighted by molar-refractivity contribution is 5.74. The van der Waals surface area contributed by atoms with E-state index in [-0.39, 0.29) is 24.4 Å². The summed E-state index contributed by atoms with van der Waals surface area (Å²) in [4.78, 5) is 17.8. The van der Waals surface area contributed by atoms with Gasteiger partial charge in [0.05, 0.1) is 17.4 Å². The van der Waals surface area contributed by atoms with Gasteiger partial charge in [0, 0.05) is 26.8 Å². The van der Waals surface area contributed by atoms with Gasteiger partial charge in [0.15, 0.2) is 0 Å². The van der Waals surface area contributed by atoms with Crippen molar-refractivity contribution >= 4 is 11.7 Å². The Morgan fingerprint density at radius 2 is 2.09 bits per heavy atom. The lowest BCUT2D eigenvalue weighted by molar-refractivity contribution is 0.237. The van der Waals surface area contributed by atoms with Crippen molar-refractivity contribution in [2.24, 2.45) is 0 Å². The largest absolute Gasteiger partial charge is 0.375 e. The predicted octanol–water partition coefficient (Wildman–Crippen LogP) is 2.85. The van der Waals surface area contributed by atoms with Crippen molar-refractivity contribution in [1.29, 1.82) is 0 Å². The topological polar surface area (TPSA) is 57.3 Å². The van der Waals surface area contributed by atoms with Crippen molar-refractivity contribution < 1.29 is 9.18 Å². The lowest BCUT2D eigenvalue weighted by Gasteiger charge is -2.16. The van der Waals surface area contributed by atoms with Crippen LogP contribution in [0.1, 0.15) is 24.2 Å². The molecular weight excluding hydrogens is 295 g/mol. The molecule has 0 radical (unpaired) electrons. The van der Waals surface area contributed by atoms with E-state index < -0.39 is 0 Å². The number of carbonyl (C=O) groups excluding carboxylic acids is 1. The van der Waals surface area contributed by atoms with E-state index in [1.165, 1.54) is 6.07 Å². The molecule has 2 aromatic rings. The average molecular weight is 316 g/mol. The van der Waals surface area contributed by atoms with Gasteiger partial charge in [-0.25, -0.2) is 9.18 Å². The van der Waals surface area contributed by atoms with Gasteiger partial charge < -0.3 is 15.5 Å². The maximum Gasteiger partial charge on any atom is 0.315 e. The van der Waals surface area contributed by atoms with Crippen LogP contribution < -0.4 is 15.5 Å². The summed E-state index contributed by atoms with van der Waals surface area (Å²) in [6.07, 6.45) is 1.68. The Bertz CT molecular complexity index is 661. The molecule has 0 aliphatic heterocycles. The molecule has 0 saturated heterocycles. The van der Waals surface area contributed by atoms with Crippen LogP contribution in [-0.2, 0) is 6.54 Å². The quantitative estimate of drug-likeness (QED) is 0.892. The zero-order chi connectivity index (χ0) is 16.8. The molecule has 0 aliphatic carbocycles. The van der Waals surface area contributed by atoms with Crippen molar-refractivity contribution in [2.45, 2.75) is 19.5 Å². The molecule has 0 spiro atoms. The minimum absolute atomic E-state index is 0.205. The number of benzene rings is 1. The Hall–Kier alpha value is -2.63. The Balaban J connectivity index is 1.88. The summed E-state index contributed by atoms with van der Waals surface area (Å²) >= 11 is 0. The number of amides is 2. The van der Waals surface area contributed by atoms with Crippen LogP contribution in [0.25, 0.3) is 0 Å². The van der Waals surface area contributed by atoms with E-state index in [1.54, 1.807) is 37.3 Å². The molecule has 1 aromatic heterocycles.